The van der Waals surface area contributed by atoms with Gasteiger partial charge in [0.15, 0.2) is 0 Å². The summed E-state index contributed by atoms with van der Waals surface area (Å²) in [4.78, 5) is 2.41. The molecule has 20 heavy (non-hydrogen) atoms. The van der Waals surface area contributed by atoms with Crippen LogP contribution in [0.1, 0.15) is 18.4 Å². The zero-order chi connectivity index (χ0) is 14.4. The molecule has 1 atom stereocenters. The van der Waals surface area contributed by atoms with Gasteiger partial charge in [0, 0.05) is 36.1 Å². The van der Waals surface area contributed by atoms with E-state index >= 15 is 0 Å². The summed E-state index contributed by atoms with van der Waals surface area (Å²) in [5, 5.41) is 3.34. The second-order valence-corrected chi connectivity index (χ2v) is 6.80. The minimum Gasteiger partial charge on any atom is -0.381 e. The third-order valence-corrected chi connectivity index (χ3v) is 4.73. The standard InChI is InChI=1S/C16H25BrN2O/c1-18-11-16(8-5-9-20-13-16)12-19(2)10-14-6-3-4-7-15(14)17/h3-4,6-7,18H,5,8-13H2,1-2H3. The first-order valence-corrected chi connectivity index (χ1v) is 8.09. The number of halogens is 1. The Hall–Kier alpha value is -0.420. The first-order valence-electron chi connectivity index (χ1n) is 7.29. The highest BCUT2D eigenvalue weighted by Crippen LogP contribution is 2.29. The van der Waals surface area contributed by atoms with Gasteiger partial charge in [0.1, 0.15) is 0 Å². The summed E-state index contributed by atoms with van der Waals surface area (Å²) in [7, 11) is 4.23. The Kier molecular flexibility index (Phi) is 6.02. The minimum absolute atomic E-state index is 0.253. The van der Waals surface area contributed by atoms with E-state index in [2.05, 4.69) is 57.5 Å². The third kappa shape index (κ3) is 4.29. The van der Waals surface area contributed by atoms with Crippen LogP contribution in [0.5, 0.6) is 0 Å². The van der Waals surface area contributed by atoms with Crippen molar-refractivity contribution < 1.29 is 4.74 Å². The normalized spacial score (nSPS) is 23.2. The molecule has 1 aliphatic heterocycles. The maximum absolute atomic E-state index is 5.74. The Morgan fingerprint density at radius 2 is 2.20 bits per heavy atom. The van der Waals surface area contributed by atoms with E-state index in [1.54, 1.807) is 0 Å². The smallest absolute Gasteiger partial charge is 0.0546 e. The molecule has 1 saturated heterocycles. The molecule has 1 aromatic rings. The first-order chi connectivity index (χ1) is 9.65. The molecular weight excluding hydrogens is 316 g/mol. The Morgan fingerprint density at radius 3 is 2.85 bits per heavy atom. The summed E-state index contributed by atoms with van der Waals surface area (Å²) in [5.74, 6) is 0. The molecular formula is C16H25BrN2O. The summed E-state index contributed by atoms with van der Waals surface area (Å²) in [6, 6.07) is 8.45. The maximum atomic E-state index is 5.74. The number of rotatable bonds is 6. The lowest BCUT2D eigenvalue weighted by Crippen LogP contribution is -2.47. The lowest BCUT2D eigenvalue weighted by molar-refractivity contribution is -0.0228. The second kappa shape index (κ2) is 7.55. The Bertz CT molecular complexity index is 413. The fourth-order valence-electron chi connectivity index (χ4n) is 3.15. The van der Waals surface area contributed by atoms with Gasteiger partial charge in [-0.1, -0.05) is 34.1 Å². The fraction of sp³-hybridized carbons (Fsp3) is 0.625. The van der Waals surface area contributed by atoms with Crippen molar-refractivity contribution in [3.63, 3.8) is 0 Å². The summed E-state index contributed by atoms with van der Waals surface area (Å²) >= 11 is 3.63. The highest BCUT2D eigenvalue weighted by atomic mass is 79.9. The first kappa shape index (κ1) is 16.0. The molecule has 1 N–H and O–H groups in total. The zero-order valence-electron chi connectivity index (χ0n) is 12.5. The monoisotopic (exact) mass is 340 g/mol. The third-order valence-electron chi connectivity index (χ3n) is 3.96. The van der Waals surface area contributed by atoms with Crippen LogP contribution >= 0.6 is 15.9 Å². The molecule has 1 heterocycles. The molecule has 2 rings (SSSR count). The van der Waals surface area contributed by atoms with Gasteiger partial charge in [-0.2, -0.15) is 0 Å². The summed E-state index contributed by atoms with van der Waals surface area (Å²) in [5.41, 5.74) is 1.59. The van der Waals surface area contributed by atoms with Gasteiger partial charge >= 0.3 is 0 Å². The van der Waals surface area contributed by atoms with Crippen LogP contribution in [-0.2, 0) is 11.3 Å². The number of benzene rings is 1. The molecule has 1 unspecified atom stereocenters. The highest BCUT2D eigenvalue weighted by molar-refractivity contribution is 9.10. The molecule has 0 spiro atoms. The van der Waals surface area contributed by atoms with E-state index in [9.17, 15) is 0 Å². The maximum Gasteiger partial charge on any atom is 0.0546 e. The molecule has 1 aliphatic rings. The van der Waals surface area contributed by atoms with E-state index < -0.39 is 0 Å². The van der Waals surface area contributed by atoms with Crippen LogP contribution in [0, 0.1) is 5.41 Å². The number of hydrogen-bond acceptors (Lipinski definition) is 3. The van der Waals surface area contributed by atoms with Gasteiger partial charge < -0.3 is 15.0 Å². The van der Waals surface area contributed by atoms with E-state index in [1.807, 2.05) is 7.05 Å². The van der Waals surface area contributed by atoms with E-state index in [0.29, 0.717) is 0 Å². The van der Waals surface area contributed by atoms with E-state index in [1.165, 1.54) is 22.9 Å². The summed E-state index contributed by atoms with van der Waals surface area (Å²) in [6.07, 6.45) is 2.42. The van der Waals surface area contributed by atoms with Gasteiger partial charge in [0.25, 0.3) is 0 Å². The molecule has 112 valence electrons. The van der Waals surface area contributed by atoms with Crippen LogP contribution < -0.4 is 5.32 Å². The van der Waals surface area contributed by atoms with Gasteiger partial charge in [-0.05, 0) is 38.6 Å². The molecule has 0 radical (unpaired) electrons. The Balaban J connectivity index is 1.98. The van der Waals surface area contributed by atoms with Crippen molar-refractivity contribution in [2.45, 2.75) is 19.4 Å². The Labute approximate surface area is 130 Å². The van der Waals surface area contributed by atoms with Gasteiger partial charge in [-0.3, -0.25) is 0 Å². The van der Waals surface area contributed by atoms with Crippen LogP contribution in [-0.4, -0.2) is 45.3 Å². The van der Waals surface area contributed by atoms with Crippen molar-refractivity contribution >= 4 is 15.9 Å². The molecule has 0 bridgehead atoms. The second-order valence-electron chi connectivity index (χ2n) is 5.95. The van der Waals surface area contributed by atoms with Crippen molar-refractivity contribution in [1.82, 2.24) is 10.2 Å². The quantitative estimate of drug-likeness (QED) is 0.861. The molecule has 1 aromatic carbocycles. The lowest BCUT2D eigenvalue weighted by Gasteiger charge is -2.40. The molecule has 0 amide bonds. The van der Waals surface area contributed by atoms with E-state index in [4.69, 9.17) is 4.74 Å². The van der Waals surface area contributed by atoms with Crippen molar-refractivity contribution in [1.29, 1.82) is 0 Å². The van der Waals surface area contributed by atoms with Crippen LogP contribution in [0.4, 0.5) is 0 Å². The van der Waals surface area contributed by atoms with Crippen LogP contribution in [0.25, 0.3) is 0 Å². The van der Waals surface area contributed by atoms with Gasteiger partial charge in [0.05, 0.1) is 6.61 Å². The van der Waals surface area contributed by atoms with E-state index in [-0.39, 0.29) is 5.41 Å². The SMILES string of the molecule is CNCC1(CN(C)Cc2ccccc2Br)CCCOC1. The molecule has 0 saturated carbocycles. The number of nitrogens with one attached hydrogen (secondary N) is 1. The lowest BCUT2D eigenvalue weighted by atomic mass is 9.82. The minimum atomic E-state index is 0.253. The number of hydrogen-bond donors (Lipinski definition) is 1. The van der Waals surface area contributed by atoms with Crippen LogP contribution in [0.2, 0.25) is 0 Å². The number of ether oxygens (including phenoxy) is 1. The molecule has 4 heteroatoms. The predicted molar refractivity (Wildman–Crippen MR) is 86.9 cm³/mol. The molecule has 0 aliphatic carbocycles. The largest absolute Gasteiger partial charge is 0.381 e. The fourth-order valence-corrected chi connectivity index (χ4v) is 3.56. The van der Waals surface area contributed by atoms with Gasteiger partial charge in [-0.15, -0.1) is 0 Å². The molecule has 0 aromatic heterocycles. The number of nitrogens with zero attached hydrogens (tertiary/aromatic N) is 1. The molecule has 1 fully saturated rings. The van der Waals surface area contributed by atoms with Crippen LogP contribution in [0.15, 0.2) is 28.7 Å². The predicted octanol–water partition coefficient (Wildman–Crippen LogP) is 2.90. The zero-order valence-corrected chi connectivity index (χ0v) is 14.1. The summed E-state index contributed by atoms with van der Waals surface area (Å²) in [6.45, 7) is 4.84. The van der Waals surface area contributed by atoms with Crippen molar-refractivity contribution in [2.75, 3.05) is 40.4 Å². The highest BCUT2D eigenvalue weighted by Gasteiger charge is 2.33. The van der Waals surface area contributed by atoms with Crippen LogP contribution in [0.3, 0.4) is 0 Å². The van der Waals surface area contributed by atoms with Crippen molar-refractivity contribution in [2.24, 2.45) is 5.41 Å². The Morgan fingerprint density at radius 1 is 1.40 bits per heavy atom. The van der Waals surface area contributed by atoms with Crippen molar-refractivity contribution in [3.8, 4) is 0 Å². The molecule has 3 nitrogen and oxygen atoms in total. The van der Waals surface area contributed by atoms with E-state index in [0.717, 1.165) is 32.8 Å². The van der Waals surface area contributed by atoms with Gasteiger partial charge in [-0.25, -0.2) is 0 Å². The van der Waals surface area contributed by atoms with Crippen molar-refractivity contribution in [3.05, 3.63) is 34.3 Å². The average Bonchev–Trinajstić information content (AvgIpc) is 2.42. The topological polar surface area (TPSA) is 24.5 Å². The average molecular weight is 341 g/mol. The van der Waals surface area contributed by atoms with Gasteiger partial charge in [0.2, 0.25) is 0 Å². The summed E-state index contributed by atoms with van der Waals surface area (Å²) < 4.78 is 6.93.